The van der Waals surface area contributed by atoms with Crippen molar-refractivity contribution < 1.29 is 19.1 Å². The Morgan fingerprint density at radius 1 is 1.06 bits per heavy atom. The van der Waals surface area contributed by atoms with Gasteiger partial charge in [-0.1, -0.05) is 12.1 Å². The second kappa shape index (κ2) is 9.43. The number of amides is 3. The SMILES string of the molecule is COc1ccc(NC(=O)CN2C(=O)C(C(=O)N3CCCCC3)Sc3ccccc32)cc1. The molecule has 2 aromatic rings. The Morgan fingerprint density at radius 3 is 2.48 bits per heavy atom. The zero-order chi connectivity index (χ0) is 21.8. The van der Waals surface area contributed by atoms with E-state index in [1.165, 1.54) is 16.7 Å². The molecule has 2 aromatic carbocycles. The largest absolute Gasteiger partial charge is 0.497 e. The van der Waals surface area contributed by atoms with Crippen LogP contribution < -0.4 is 15.0 Å². The van der Waals surface area contributed by atoms with Crippen LogP contribution in [-0.2, 0) is 14.4 Å². The number of carbonyl (C=O) groups excluding carboxylic acids is 3. The van der Waals surface area contributed by atoms with Crippen molar-refractivity contribution in [3.8, 4) is 5.75 Å². The molecule has 2 heterocycles. The van der Waals surface area contributed by atoms with Crippen LogP contribution in [0.5, 0.6) is 5.75 Å². The molecule has 7 nitrogen and oxygen atoms in total. The molecule has 1 unspecified atom stereocenters. The predicted molar refractivity (Wildman–Crippen MR) is 120 cm³/mol. The zero-order valence-corrected chi connectivity index (χ0v) is 18.2. The Morgan fingerprint density at radius 2 is 1.77 bits per heavy atom. The molecule has 4 rings (SSSR count). The molecule has 2 aliphatic rings. The number of piperidine rings is 1. The van der Waals surface area contributed by atoms with Crippen LogP contribution >= 0.6 is 11.8 Å². The van der Waals surface area contributed by atoms with Crippen molar-refractivity contribution in [3.05, 3.63) is 48.5 Å². The summed E-state index contributed by atoms with van der Waals surface area (Å²) in [7, 11) is 1.58. The lowest BCUT2D eigenvalue weighted by molar-refractivity contribution is -0.135. The Bertz CT molecular complexity index is 973. The number of carbonyl (C=O) groups is 3. The topological polar surface area (TPSA) is 79.0 Å². The molecule has 1 fully saturated rings. The molecule has 0 spiro atoms. The molecule has 1 saturated heterocycles. The van der Waals surface area contributed by atoms with Crippen molar-refractivity contribution in [1.29, 1.82) is 0 Å². The molecule has 1 atom stereocenters. The molecule has 8 heteroatoms. The Hall–Kier alpha value is -3.00. The van der Waals surface area contributed by atoms with Gasteiger partial charge in [-0.2, -0.15) is 0 Å². The van der Waals surface area contributed by atoms with Gasteiger partial charge in [0.15, 0.2) is 5.25 Å². The number of nitrogens with zero attached hydrogens (tertiary/aromatic N) is 2. The van der Waals surface area contributed by atoms with E-state index in [-0.39, 0.29) is 24.3 Å². The number of anilines is 2. The number of hydrogen-bond acceptors (Lipinski definition) is 5. The van der Waals surface area contributed by atoms with Crippen LogP contribution in [0.3, 0.4) is 0 Å². The Labute approximate surface area is 185 Å². The molecule has 0 bridgehead atoms. The lowest BCUT2D eigenvalue weighted by Crippen LogP contribution is -2.52. The first kappa shape index (κ1) is 21.2. The van der Waals surface area contributed by atoms with Gasteiger partial charge in [-0.05, 0) is 55.7 Å². The number of ether oxygens (including phenoxy) is 1. The molecule has 3 amide bonds. The first-order valence-electron chi connectivity index (χ1n) is 10.4. The van der Waals surface area contributed by atoms with E-state index in [2.05, 4.69) is 5.32 Å². The summed E-state index contributed by atoms with van der Waals surface area (Å²) in [6.07, 6.45) is 3.03. The lowest BCUT2D eigenvalue weighted by atomic mass is 10.1. The first-order chi connectivity index (χ1) is 15.1. The molecule has 162 valence electrons. The van der Waals surface area contributed by atoms with Crippen LogP contribution in [-0.4, -0.2) is 54.6 Å². The Kier molecular flexibility index (Phi) is 6.46. The number of likely N-dealkylation sites (tertiary alicyclic amines) is 1. The average molecular weight is 440 g/mol. The summed E-state index contributed by atoms with van der Waals surface area (Å²) in [6, 6.07) is 14.4. The number of hydrogen-bond donors (Lipinski definition) is 1. The van der Waals surface area contributed by atoms with Crippen molar-refractivity contribution in [2.24, 2.45) is 0 Å². The zero-order valence-electron chi connectivity index (χ0n) is 17.4. The highest BCUT2D eigenvalue weighted by Crippen LogP contribution is 2.40. The number of thioether (sulfide) groups is 1. The summed E-state index contributed by atoms with van der Waals surface area (Å²) in [5.74, 6) is -0.146. The molecule has 0 saturated carbocycles. The van der Waals surface area contributed by atoms with E-state index in [1.807, 2.05) is 24.3 Å². The molecule has 0 aromatic heterocycles. The first-order valence-corrected chi connectivity index (χ1v) is 11.2. The normalized spacial score (nSPS) is 18.4. The van der Waals surface area contributed by atoms with E-state index in [1.54, 1.807) is 36.3 Å². The van der Waals surface area contributed by atoms with E-state index < -0.39 is 5.25 Å². The van der Waals surface area contributed by atoms with E-state index in [4.69, 9.17) is 4.74 Å². The second-order valence-electron chi connectivity index (χ2n) is 7.55. The van der Waals surface area contributed by atoms with Crippen LogP contribution in [0.1, 0.15) is 19.3 Å². The fraction of sp³-hybridized carbons (Fsp3) is 0.348. The van der Waals surface area contributed by atoms with Crippen molar-refractivity contribution in [3.63, 3.8) is 0 Å². The van der Waals surface area contributed by atoms with E-state index in [0.29, 0.717) is 30.2 Å². The number of rotatable bonds is 5. The van der Waals surface area contributed by atoms with Crippen LogP contribution in [0, 0.1) is 0 Å². The van der Waals surface area contributed by atoms with Crippen molar-refractivity contribution in [1.82, 2.24) is 4.90 Å². The minimum Gasteiger partial charge on any atom is -0.497 e. The molecule has 1 N–H and O–H groups in total. The van der Waals surface area contributed by atoms with Crippen LogP contribution in [0.2, 0.25) is 0 Å². The van der Waals surface area contributed by atoms with E-state index in [9.17, 15) is 14.4 Å². The third kappa shape index (κ3) is 4.69. The molecular formula is C23H25N3O4S. The average Bonchev–Trinajstić information content (AvgIpc) is 2.81. The summed E-state index contributed by atoms with van der Waals surface area (Å²) in [4.78, 5) is 43.2. The highest BCUT2D eigenvalue weighted by Gasteiger charge is 2.40. The Balaban J connectivity index is 1.52. The number of methoxy groups -OCH3 is 1. The number of benzene rings is 2. The third-order valence-corrected chi connectivity index (χ3v) is 6.70. The van der Waals surface area contributed by atoms with Gasteiger partial charge in [-0.3, -0.25) is 14.4 Å². The lowest BCUT2D eigenvalue weighted by Gasteiger charge is -2.36. The van der Waals surface area contributed by atoms with Crippen LogP contribution in [0.25, 0.3) is 0 Å². The van der Waals surface area contributed by atoms with Gasteiger partial charge in [-0.25, -0.2) is 0 Å². The third-order valence-electron chi connectivity index (χ3n) is 5.46. The van der Waals surface area contributed by atoms with Gasteiger partial charge < -0.3 is 19.9 Å². The van der Waals surface area contributed by atoms with Gasteiger partial charge in [0.1, 0.15) is 12.3 Å². The fourth-order valence-corrected chi connectivity index (χ4v) is 5.02. The quantitative estimate of drug-likeness (QED) is 0.724. The van der Waals surface area contributed by atoms with Gasteiger partial charge in [-0.15, -0.1) is 11.8 Å². The predicted octanol–water partition coefficient (Wildman–Crippen LogP) is 3.15. The maximum absolute atomic E-state index is 13.3. The van der Waals surface area contributed by atoms with Gasteiger partial charge in [0.2, 0.25) is 11.8 Å². The minimum atomic E-state index is -0.859. The summed E-state index contributed by atoms with van der Waals surface area (Å²) in [6.45, 7) is 1.21. The van der Waals surface area contributed by atoms with E-state index in [0.717, 1.165) is 24.2 Å². The summed E-state index contributed by atoms with van der Waals surface area (Å²) in [5, 5.41) is 1.95. The van der Waals surface area contributed by atoms with Crippen molar-refractivity contribution in [2.45, 2.75) is 29.4 Å². The fourth-order valence-electron chi connectivity index (χ4n) is 3.84. The summed E-state index contributed by atoms with van der Waals surface area (Å²) < 4.78 is 5.13. The standard InChI is InChI=1S/C23H25N3O4S/c1-30-17-11-9-16(10-12-17)24-20(27)15-26-18-7-3-4-8-19(18)31-21(23(26)29)22(28)25-13-5-2-6-14-25/h3-4,7-12,21H,2,5-6,13-15H2,1H3,(H,24,27). The summed E-state index contributed by atoms with van der Waals surface area (Å²) in [5.41, 5.74) is 1.27. The van der Waals surface area contributed by atoms with Gasteiger partial charge in [0.25, 0.3) is 5.91 Å². The monoisotopic (exact) mass is 439 g/mol. The number of para-hydroxylation sites is 1. The maximum Gasteiger partial charge on any atom is 0.250 e. The summed E-state index contributed by atoms with van der Waals surface area (Å²) >= 11 is 1.28. The van der Waals surface area contributed by atoms with Crippen molar-refractivity contribution in [2.75, 3.05) is 37.0 Å². The smallest absolute Gasteiger partial charge is 0.250 e. The van der Waals surface area contributed by atoms with Gasteiger partial charge in [0, 0.05) is 23.7 Å². The second-order valence-corrected chi connectivity index (χ2v) is 8.70. The number of fused-ring (bicyclic) bond motifs is 1. The molecule has 2 aliphatic heterocycles. The highest BCUT2D eigenvalue weighted by molar-refractivity contribution is 8.01. The minimum absolute atomic E-state index is 0.161. The van der Waals surface area contributed by atoms with Crippen LogP contribution in [0.4, 0.5) is 11.4 Å². The molecule has 31 heavy (non-hydrogen) atoms. The molecule has 0 radical (unpaired) electrons. The molecular weight excluding hydrogens is 414 g/mol. The maximum atomic E-state index is 13.3. The highest BCUT2D eigenvalue weighted by atomic mass is 32.2. The van der Waals surface area contributed by atoms with Crippen molar-refractivity contribution >= 4 is 40.9 Å². The van der Waals surface area contributed by atoms with Crippen LogP contribution in [0.15, 0.2) is 53.4 Å². The van der Waals surface area contributed by atoms with Gasteiger partial charge >= 0.3 is 0 Å². The number of nitrogens with one attached hydrogen (secondary N) is 1. The molecule has 0 aliphatic carbocycles. The van der Waals surface area contributed by atoms with E-state index >= 15 is 0 Å². The van der Waals surface area contributed by atoms with Gasteiger partial charge in [0.05, 0.1) is 12.8 Å².